The van der Waals surface area contributed by atoms with E-state index < -0.39 is 4.92 Å². The normalized spacial score (nSPS) is 10.1. The van der Waals surface area contributed by atoms with Crippen LogP contribution < -0.4 is 10.2 Å². The number of hydrogen-bond donors (Lipinski definition) is 2. The van der Waals surface area contributed by atoms with Gasteiger partial charge in [-0.3, -0.25) is 14.9 Å². The summed E-state index contributed by atoms with van der Waals surface area (Å²) in [7, 11) is 3.33. The number of non-ortho nitro benzene ring substituents is 1. The van der Waals surface area contributed by atoms with Crippen molar-refractivity contribution in [3.8, 4) is 0 Å². The Bertz CT molecular complexity index is 476. The van der Waals surface area contributed by atoms with Gasteiger partial charge in [-0.05, 0) is 6.07 Å². The number of nitrogens with one attached hydrogen (secondary N) is 1. The van der Waals surface area contributed by atoms with Crippen molar-refractivity contribution in [2.45, 2.75) is 13.0 Å². The number of carbonyl (C=O) groups is 1. The fourth-order valence-electron chi connectivity index (χ4n) is 1.70. The summed E-state index contributed by atoms with van der Waals surface area (Å²) in [6.45, 7) is 0.172. The SMILES string of the molecule is CNC(=O)CCN(C)c1ccc([N+](=O)[O-])cc1CO. The van der Waals surface area contributed by atoms with E-state index in [0.717, 1.165) is 0 Å². The van der Waals surface area contributed by atoms with Crippen LogP contribution in [0.4, 0.5) is 11.4 Å². The van der Waals surface area contributed by atoms with Crippen LogP contribution in [0.1, 0.15) is 12.0 Å². The molecule has 0 radical (unpaired) electrons. The van der Waals surface area contributed by atoms with Crippen molar-refractivity contribution in [2.24, 2.45) is 0 Å². The third kappa shape index (κ3) is 3.92. The molecule has 0 atom stereocenters. The van der Waals surface area contributed by atoms with Crippen LogP contribution in [0.15, 0.2) is 18.2 Å². The molecule has 1 aromatic carbocycles. The highest BCUT2D eigenvalue weighted by Gasteiger charge is 2.13. The summed E-state index contributed by atoms with van der Waals surface area (Å²) in [4.78, 5) is 23.1. The first-order valence-corrected chi connectivity index (χ1v) is 5.79. The number of benzene rings is 1. The Labute approximate surface area is 111 Å². The maximum absolute atomic E-state index is 11.2. The molecule has 0 bridgehead atoms. The van der Waals surface area contributed by atoms with Gasteiger partial charge in [0.1, 0.15) is 0 Å². The zero-order valence-electron chi connectivity index (χ0n) is 10.9. The molecule has 0 aliphatic rings. The van der Waals surface area contributed by atoms with Crippen molar-refractivity contribution in [3.63, 3.8) is 0 Å². The van der Waals surface area contributed by atoms with Gasteiger partial charge in [0.05, 0.1) is 11.5 Å². The number of hydrogen-bond acceptors (Lipinski definition) is 5. The molecule has 7 heteroatoms. The van der Waals surface area contributed by atoms with Crippen LogP contribution in [-0.2, 0) is 11.4 Å². The van der Waals surface area contributed by atoms with E-state index in [1.54, 1.807) is 25.1 Å². The lowest BCUT2D eigenvalue weighted by atomic mass is 10.1. The number of nitro groups is 1. The standard InChI is InChI=1S/C12H17N3O4/c1-13-12(17)5-6-14(2)11-4-3-10(15(18)19)7-9(11)8-16/h3-4,7,16H,5-6,8H2,1-2H3,(H,13,17). The molecule has 0 spiro atoms. The van der Waals surface area contributed by atoms with Gasteiger partial charge in [-0.15, -0.1) is 0 Å². The predicted molar refractivity (Wildman–Crippen MR) is 71.0 cm³/mol. The Morgan fingerprint density at radius 2 is 2.21 bits per heavy atom. The average molecular weight is 267 g/mol. The Hall–Kier alpha value is -2.15. The lowest BCUT2D eigenvalue weighted by molar-refractivity contribution is -0.384. The van der Waals surface area contributed by atoms with Crippen LogP contribution in [0.25, 0.3) is 0 Å². The smallest absolute Gasteiger partial charge is 0.269 e. The highest BCUT2D eigenvalue weighted by molar-refractivity contribution is 5.76. The molecule has 2 N–H and O–H groups in total. The second-order valence-electron chi connectivity index (χ2n) is 4.07. The molecule has 1 aromatic rings. The van der Waals surface area contributed by atoms with Crippen LogP contribution in [0.3, 0.4) is 0 Å². The zero-order chi connectivity index (χ0) is 14.4. The maximum Gasteiger partial charge on any atom is 0.269 e. The Morgan fingerprint density at radius 1 is 1.53 bits per heavy atom. The third-order valence-corrected chi connectivity index (χ3v) is 2.81. The molecule has 104 valence electrons. The van der Waals surface area contributed by atoms with E-state index in [2.05, 4.69) is 5.32 Å². The Kier molecular flexibility index (Phi) is 5.25. The molecule has 0 aliphatic heterocycles. The minimum atomic E-state index is -0.506. The van der Waals surface area contributed by atoms with Crippen molar-refractivity contribution in [3.05, 3.63) is 33.9 Å². The van der Waals surface area contributed by atoms with Gasteiger partial charge in [0.15, 0.2) is 0 Å². The maximum atomic E-state index is 11.2. The van der Waals surface area contributed by atoms with Crippen LogP contribution >= 0.6 is 0 Å². The van der Waals surface area contributed by atoms with Crippen molar-refractivity contribution >= 4 is 17.3 Å². The number of aliphatic hydroxyl groups excluding tert-OH is 1. The Balaban J connectivity index is 2.87. The van der Waals surface area contributed by atoms with Gasteiger partial charge >= 0.3 is 0 Å². The van der Waals surface area contributed by atoms with Gasteiger partial charge in [-0.25, -0.2) is 0 Å². The first-order valence-electron chi connectivity index (χ1n) is 5.79. The quantitative estimate of drug-likeness (QED) is 0.583. The first-order chi connectivity index (χ1) is 8.99. The monoisotopic (exact) mass is 267 g/mol. The molecule has 0 aliphatic carbocycles. The number of nitrogens with zero attached hydrogens (tertiary/aromatic N) is 2. The molecule has 0 fully saturated rings. The van der Waals surface area contributed by atoms with E-state index >= 15 is 0 Å². The lowest BCUT2D eigenvalue weighted by Gasteiger charge is -2.21. The highest BCUT2D eigenvalue weighted by Crippen LogP contribution is 2.24. The number of rotatable bonds is 6. The summed E-state index contributed by atoms with van der Waals surface area (Å²) in [6.07, 6.45) is 0.314. The van der Waals surface area contributed by atoms with Crippen LogP contribution in [0, 0.1) is 10.1 Å². The van der Waals surface area contributed by atoms with Gasteiger partial charge in [-0.1, -0.05) is 0 Å². The number of carbonyl (C=O) groups excluding carboxylic acids is 1. The highest BCUT2D eigenvalue weighted by atomic mass is 16.6. The average Bonchev–Trinajstić information content (AvgIpc) is 2.43. The van der Waals surface area contributed by atoms with Crippen LogP contribution in [0.5, 0.6) is 0 Å². The number of amides is 1. The molecule has 0 aromatic heterocycles. The molecule has 0 saturated heterocycles. The van der Waals surface area contributed by atoms with E-state index in [-0.39, 0.29) is 18.2 Å². The van der Waals surface area contributed by atoms with Gasteiger partial charge in [0.25, 0.3) is 5.69 Å². The van der Waals surface area contributed by atoms with Crippen molar-refractivity contribution in [1.82, 2.24) is 5.32 Å². The molecular formula is C12H17N3O4. The zero-order valence-corrected chi connectivity index (χ0v) is 10.9. The molecular weight excluding hydrogens is 250 g/mol. The molecule has 0 saturated carbocycles. The second-order valence-corrected chi connectivity index (χ2v) is 4.07. The minimum Gasteiger partial charge on any atom is -0.392 e. The van der Waals surface area contributed by atoms with E-state index in [9.17, 15) is 20.0 Å². The first kappa shape index (κ1) is 14.9. The van der Waals surface area contributed by atoms with Gasteiger partial charge in [0.2, 0.25) is 5.91 Å². The number of anilines is 1. The minimum absolute atomic E-state index is 0.0625. The summed E-state index contributed by atoms with van der Waals surface area (Å²) >= 11 is 0. The van der Waals surface area contributed by atoms with Gasteiger partial charge in [-0.2, -0.15) is 0 Å². The topological polar surface area (TPSA) is 95.7 Å². The summed E-state index contributed by atoms with van der Waals surface area (Å²) < 4.78 is 0. The number of aliphatic hydroxyl groups is 1. The fourth-order valence-corrected chi connectivity index (χ4v) is 1.70. The molecule has 19 heavy (non-hydrogen) atoms. The van der Waals surface area contributed by atoms with E-state index in [1.807, 2.05) is 0 Å². The summed E-state index contributed by atoms with van der Waals surface area (Å²) in [5.74, 6) is -0.0840. The van der Waals surface area contributed by atoms with Crippen molar-refractivity contribution in [1.29, 1.82) is 0 Å². The fraction of sp³-hybridized carbons (Fsp3) is 0.417. The van der Waals surface area contributed by atoms with Crippen LogP contribution in [-0.4, -0.2) is 36.6 Å². The Morgan fingerprint density at radius 3 is 2.74 bits per heavy atom. The lowest BCUT2D eigenvalue weighted by Crippen LogP contribution is -2.26. The molecule has 0 unspecified atom stereocenters. The summed E-state index contributed by atoms with van der Waals surface area (Å²) in [5.41, 5.74) is 1.08. The van der Waals surface area contributed by atoms with Crippen molar-refractivity contribution in [2.75, 3.05) is 25.5 Å². The molecule has 7 nitrogen and oxygen atoms in total. The van der Waals surface area contributed by atoms with Crippen molar-refractivity contribution < 1.29 is 14.8 Å². The largest absolute Gasteiger partial charge is 0.392 e. The van der Waals surface area contributed by atoms with Gasteiger partial charge in [0, 0.05) is 50.4 Å². The van der Waals surface area contributed by atoms with E-state index in [4.69, 9.17) is 0 Å². The molecule has 1 rings (SSSR count). The third-order valence-electron chi connectivity index (χ3n) is 2.81. The second kappa shape index (κ2) is 6.69. The van der Waals surface area contributed by atoms with E-state index in [0.29, 0.717) is 24.2 Å². The number of nitro benzene ring substituents is 1. The predicted octanol–water partition coefficient (Wildman–Crippen LogP) is 0.659. The van der Waals surface area contributed by atoms with Gasteiger partial charge < -0.3 is 15.3 Å². The molecule has 0 heterocycles. The molecule has 1 amide bonds. The van der Waals surface area contributed by atoms with E-state index in [1.165, 1.54) is 12.1 Å². The summed E-state index contributed by atoms with van der Waals surface area (Å²) in [6, 6.07) is 4.30. The summed E-state index contributed by atoms with van der Waals surface area (Å²) in [5, 5.41) is 22.5. The van der Waals surface area contributed by atoms with Crippen LogP contribution in [0.2, 0.25) is 0 Å².